The second-order valence-corrected chi connectivity index (χ2v) is 7.51. The molecule has 3 rings (SSSR count). The number of hydrogen-bond acceptors (Lipinski definition) is 4. The number of anilines is 1. The van der Waals surface area contributed by atoms with Crippen molar-refractivity contribution in [3.8, 4) is 0 Å². The summed E-state index contributed by atoms with van der Waals surface area (Å²) in [5.74, 6) is -0.0937. The van der Waals surface area contributed by atoms with Crippen LogP contribution in [0.25, 0.3) is 0 Å². The van der Waals surface area contributed by atoms with Crippen molar-refractivity contribution in [2.24, 2.45) is 0 Å². The Morgan fingerprint density at radius 1 is 1.07 bits per heavy atom. The number of nitrogens with zero attached hydrogens (tertiary/aromatic N) is 1. The average Bonchev–Trinajstić information content (AvgIpc) is 2.72. The molecule has 0 bridgehead atoms. The third-order valence-electron chi connectivity index (χ3n) is 4.91. The monoisotopic (exact) mass is 415 g/mol. The van der Waals surface area contributed by atoms with Gasteiger partial charge in [-0.2, -0.15) is 0 Å². The number of hydrogen-bond donors (Lipinski definition) is 2. The van der Waals surface area contributed by atoms with E-state index in [0.717, 1.165) is 37.5 Å². The van der Waals surface area contributed by atoms with Gasteiger partial charge in [-0.1, -0.05) is 23.7 Å². The minimum absolute atomic E-state index is 0.0937. The van der Waals surface area contributed by atoms with Crippen molar-refractivity contribution < 1.29 is 14.3 Å². The molecule has 0 aromatic heterocycles. The summed E-state index contributed by atoms with van der Waals surface area (Å²) >= 11 is 5.94. The van der Waals surface area contributed by atoms with Crippen molar-refractivity contribution in [1.29, 1.82) is 0 Å². The van der Waals surface area contributed by atoms with Gasteiger partial charge in [-0.3, -0.25) is 15.0 Å². The summed E-state index contributed by atoms with van der Waals surface area (Å²) < 4.78 is 4.84. The summed E-state index contributed by atoms with van der Waals surface area (Å²) in [5, 5.41) is 6.47. The van der Waals surface area contributed by atoms with Gasteiger partial charge in [-0.05, 0) is 61.7 Å². The SMILES string of the molecule is CCOC(=O)Nc1ccc(C(=O)NC2CCN(Cc3ccc(Cl)cc3)CC2)cc1. The Morgan fingerprint density at radius 3 is 2.34 bits per heavy atom. The lowest BCUT2D eigenvalue weighted by Crippen LogP contribution is -2.44. The van der Waals surface area contributed by atoms with Crippen molar-refractivity contribution in [2.75, 3.05) is 25.0 Å². The first-order valence-electron chi connectivity index (χ1n) is 9.85. The fourth-order valence-corrected chi connectivity index (χ4v) is 3.47. The molecule has 154 valence electrons. The van der Waals surface area contributed by atoms with E-state index in [1.54, 1.807) is 31.2 Å². The molecule has 1 saturated heterocycles. The summed E-state index contributed by atoms with van der Waals surface area (Å²) in [6.45, 7) is 4.83. The Kier molecular flexibility index (Phi) is 7.49. The number of carbonyl (C=O) groups excluding carboxylic acids is 2. The first-order chi connectivity index (χ1) is 14.0. The second kappa shape index (κ2) is 10.3. The molecule has 2 aromatic carbocycles. The van der Waals surface area contributed by atoms with Crippen LogP contribution in [0.3, 0.4) is 0 Å². The van der Waals surface area contributed by atoms with E-state index in [0.29, 0.717) is 17.9 Å². The predicted octanol–water partition coefficient (Wildman–Crippen LogP) is 4.30. The highest BCUT2D eigenvalue weighted by molar-refractivity contribution is 6.30. The van der Waals surface area contributed by atoms with Gasteiger partial charge >= 0.3 is 6.09 Å². The molecule has 0 unspecified atom stereocenters. The molecule has 2 N–H and O–H groups in total. The van der Waals surface area contributed by atoms with Crippen molar-refractivity contribution in [2.45, 2.75) is 32.4 Å². The average molecular weight is 416 g/mol. The highest BCUT2D eigenvalue weighted by Gasteiger charge is 2.21. The van der Waals surface area contributed by atoms with Crippen LogP contribution in [0.1, 0.15) is 35.7 Å². The molecule has 7 heteroatoms. The quantitative estimate of drug-likeness (QED) is 0.737. The Balaban J connectivity index is 1.44. The van der Waals surface area contributed by atoms with Gasteiger partial charge in [0.15, 0.2) is 0 Å². The summed E-state index contributed by atoms with van der Waals surface area (Å²) in [6, 6.07) is 14.9. The molecule has 2 amide bonds. The zero-order valence-electron chi connectivity index (χ0n) is 16.5. The molecule has 0 atom stereocenters. The number of ether oxygens (including phenoxy) is 1. The summed E-state index contributed by atoms with van der Waals surface area (Å²) in [7, 11) is 0. The van der Waals surface area contributed by atoms with Crippen LogP contribution < -0.4 is 10.6 Å². The smallest absolute Gasteiger partial charge is 0.411 e. The molecule has 6 nitrogen and oxygen atoms in total. The fraction of sp³-hybridized carbons (Fsp3) is 0.364. The molecule has 0 radical (unpaired) electrons. The van der Waals surface area contributed by atoms with Gasteiger partial charge in [0.25, 0.3) is 5.91 Å². The number of nitrogens with one attached hydrogen (secondary N) is 2. The first-order valence-corrected chi connectivity index (χ1v) is 10.2. The van der Waals surface area contributed by atoms with Crippen molar-refractivity contribution in [3.63, 3.8) is 0 Å². The first kappa shape index (κ1) is 21.1. The van der Waals surface area contributed by atoms with E-state index in [4.69, 9.17) is 16.3 Å². The van der Waals surface area contributed by atoms with Crippen LogP contribution >= 0.6 is 11.6 Å². The molecular weight excluding hydrogens is 390 g/mol. The lowest BCUT2D eigenvalue weighted by molar-refractivity contribution is 0.0909. The highest BCUT2D eigenvalue weighted by atomic mass is 35.5. The Hall–Kier alpha value is -2.57. The van der Waals surface area contributed by atoms with Gasteiger partial charge < -0.3 is 10.1 Å². The van der Waals surface area contributed by atoms with Crippen LogP contribution in [0.2, 0.25) is 5.02 Å². The van der Waals surface area contributed by atoms with E-state index in [2.05, 4.69) is 27.7 Å². The fourth-order valence-electron chi connectivity index (χ4n) is 3.34. The normalized spacial score (nSPS) is 15.0. The number of benzene rings is 2. The van der Waals surface area contributed by atoms with Crippen LogP contribution in [0.5, 0.6) is 0 Å². The van der Waals surface area contributed by atoms with E-state index < -0.39 is 6.09 Å². The minimum Gasteiger partial charge on any atom is -0.450 e. The number of amides is 2. The van der Waals surface area contributed by atoms with Crippen LogP contribution in [0, 0.1) is 0 Å². The number of rotatable bonds is 6. The third-order valence-corrected chi connectivity index (χ3v) is 5.16. The lowest BCUT2D eigenvalue weighted by atomic mass is 10.0. The van der Waals surface area contributed by atoms with Crippen LogP contribution in [-0.2, 0) is 11.3 Å². The molecule has 29 heavy (non-hydrogen) atoms. The zero-order valence-corrected chi connectivity index (χ0v) is 17.2. The second-order valence-electron chi connectivity index (χ2n) is 7.07. The number of piperidine rings is 1. The van der Waals surface area contributed by atoms with Gasteiger partial charge in [0.1, 0.15) is 0 Å². The molecule has 1 aliphatic rings. The van der Waals surface area contributed by atoms with E-state index in [-0.39, 0.29) is 11.9 Å². The van der Waals surface area contributed by atoms with E-state index in [1.165, 1.54) is 5.56 Å². The summed E-state index contributed by atoms with van der Waals surface area (Å²) in [5.41, 5.74) is 2.41. The molecule has 0 aliphatic carbocycles. The van der Waals surface area contributed by atoms with Gasteiger partial charge in [0, 0.05) is 41.9 Å². The van der Waals surface area contributed by atoms with Crippen molar-refractivity contribution >= 4 is 29.3 Å². The molecule has 1 aliphatic heterocycles. The van der Waals surface area contributed by atoms with Gasteiger partial charge in [-0.15, -0.1) is 0 Å². The lowest BCUT2D eigenvalue weighted by Gasteiger charge is -2.32. The molecule has 0 saturated carbocycles. The molecule has 1 fully saturated rings. The van der Waals surface area contributed by atoms with Gasteiger partial charge in [-0.25, -0.2) is 4.79 Å². The van der Waals surface area contributed by atoms with Crippen molar-refractivity contribution in [3.05, 3.63) is 64.7 Å². The maximum absolute atomic E-state index is 12.5. The standard InChI is InChI=1S/C22H26ClN3O3/c1-2-29-22(28)25-19-9-5-17(6-10-19)21(27)24-20-11-13-26(14-12-20)15-16-3-7-18(23)8-4-16/h3-10,20H,2,11-15H2,1H3,(H,24,27)(H,25,28). The molecule has 2 aromatic rings. The highest BCUT2D eigenvalue weighted by Crippen LogP contribution is 2.17. The van der Waals surface area contributed by atoms with Crippen LogP contribution in [0.4, 0.5) is 10.5 Å². The van der Waals surface area contributed by atoms with E-state index >= 15 is 0 Å². The Bertz CT molecular complexity index is 816. The van der Waals surface area contributed by atoms with E-state index in [9.17, 15) is 9.59 Å². The predicted molar refractivity (Wildman–Crippen MR) is 114 cm³/mol. The maximum atomic E-state index is 12.5. The third kappa shape index (κ3) is 6.48. The molecular formula is C22H26ClN3O3. The van der Waals surface area contributed by atoms with Crippen LogP contribution in [-0.4, -0.2) is 42.6 Å². The largest absolute Gasteiger partial charge is 0.450 e. The summed E-state index contributed by atoms with van der Waals surface area (Å²) in [6.07, 6.45) is 1.33. The zero-order chi connectivity index (χ0) is 20.6. The number of likely N-dealkylation sites (tertiary alicyclic amines) is 1. The van der Waals surface area contributed by atoms with Gasteiger partial charge in [0.2, 0.25) is 0 Å². The van der Waals surface area contributed by atoms with Gasteiger partial charge in [0.05, 0.1) is 6.61 Å². The minimum atomic E-state index is -0.505. The topological polar surface area (TPSA) is 70.7 Å². The number of halogens is 1. The number of carbonyl (C=O) groups is 2. The Morgan fingerprint density at radius 2 is 1.72 bits per heavy atom. The van der Waals surface area contributed by atoms with E-state index in [1.807, 2.05) is 12.1 Å². The Labute approximate surface area is 176 Å². The maximum Gasteiger partial charge on any atom is 0.411 e. The van der Waals surface area contributed by atoms with Crippen LogP contribution in [0.15, 0.2) is 48.5 Å². The summed E-state index contributed by atoms with van der Waals surface area (Å²) in [4.78, 5) is 26.3. The van der Waals surface area contributed by atoms with Crippen molar-refractivity contribution in [1.82, 2.24) is 10.2 Å². The molecule has 0 spiro atoms. The molecule has 1 heterocycles.